The topological polar surface area (TPSA) is 37.3 Å². The number of rotatable bonds is 0. The third-order valence-corrected chi connectivity index (χ3v) is 4.05. The Kier molecular flexibility index (Phi) is 2.18. The van der Waals surface area contributed by atoms with Crippen LogP contribution in [0.15, 0.2) is 0 Å². The molecule has 0 radical (unpaired) electrons. The Balaban J connectivity index is 2.24. The molecule has 0 aromatic carbocycles. The van der Waals surface area contributed by atoms with Gasteiger partial charge in [-0.25, -0.2) is 0 Å². The number of aliphatic hydroxyl groups excluding tert-OH is 1. The van der Waals surface area contributed by atoms with Crippen LogP contribution in [-0.4, -0.2) is 17.0 Å². The maximum Gasteiger partial charge on any atom is 0.136 e. The predicted molar refractivity (Wildman–Crippen MR) is 50.3 cm³/mol. The van der Waals surface area contributed by atoms with Crippen LogP contribution in [0.4, 0.5) is 0 Å². The van der Waals surface area contributed by atoms with Crippen molar-refractivity contribution in [3.8, 4) is 0 Å². The average molecular weight is 182 g/mol. The Hall–Kier alpha value is -0.370. The maximum absolute atomic E-state index is 11.7. The van der Waals surface area contributed by atoms with Crippen LogP contribution in [0, 0.1) is 11.3 Å². The molecule has 2 fully saturated rings. The van der Waals surface area contributed by atoms with Crippen molar-refractivity contribution in [1.82, 2.24) is 0 Å². The first-order chi connectivity index (χ1) is 6.14. The summed E-state index contributed by atoms with van der Waals surface area (Å²) in [5.41, 5.74) is -0.0897. The van der Waals surface area contributed by atoms with Gasteiger partial charge in [-0.2, -0.15) is 0 Å². The number of ketones is 1. The van der Waals surface area contributed by atoms with Gasteiger partial charge in [0.05, 0.1) is 6.10 Å². The van der Waals surface area contributed by atoms with E-state index in [-0.39, 0.29) is 17.4 Å². The van der Waals surface area contributed by atoms with Crippen LogP contribution in [0.25, 0.3) is 0 Å². The zero-order valence-corrected chi connectivity index (χ0v) is 8.25. The minimum absolute atomic E-state index is 0.0897. The van der Waals surface area contributed by atoms with Crippen LogP contribution in [0.5, 0.6) is 0 Å². The van der Waals surface area contributed by atoms with Gasteiger partial charge in [-0.15, -0.1) is 0 Å². The maximum atomic E-state index is 11.7. The van der Waals surface area contributed by atoms with Crippen LogP contribution in [-0.2, 0) is 4.79 Å². The van der Waals surface area contributed by atoms with E-state index in [1.54, 1.807) is 0 Å². The molecule has 1 N–H and O–H groups in total. The first-order valence-electron chi connectivity index (χ1n) is 5.35. The largest absolute Gasteiger partial charge is 0.393 e. The van der Waals surface area contributed by atoms with Gasteiger partial charge in [-0.3, -0.25) is 4.79 Å². The fraction of sp³-hybridized carbons (Fsp3) is 0.909. The Morgan fingerprint density at radius 2 is 2.15 bits per heavy atom. The molecule has 0 spiro atoms. The lowest BCUT2D eigenvalue weighted by Crippen LogP contribution is -2.48. The number of carbonyl (C=O) groups is 1. The zero-order chi connectivity index (χ0) is 9.47. The monoisotopic (exact) mass is 182 g/mol. The van der Waals surface area contributed by atoms with Crippen molar-refractivity contribution in [2.24, 2.45) is 11.3 Å². The second kappa shape index (κ2) is 3.09. The third-order valence-electron chi connectivity index (χ3n) is 4.05. The van der Waals surface area contributed by atoms with Crippen molar-refractivity contribution in [3.63, 3.8) is 0 Å². The standard InChI is InChI=1S/C11H18O2/c1-11-7-3-5-9(12)8(11)4-2-6-10(11)13/h8,10,13H,2-7H2,1H3/t8-,10+,11-/m1/s1. The molecule has 74 valence electrons. The lowest BCUT2D eigenvalue weighted by molar-refractivity contribution is -0.140. The van der Waals surface area contributed by atoms with Gasteiger partial charge < -0.3 is 5.11 Å². The second-order valence-corrected chi connectivity index (χ2v) is 4.82. The lowest BCUT2D eigenvalue weighted by Gasteiger charge is -2.47. The highest BCUT2D eigenvalue weighted by Gasteiger charge is 2.47. The summed E-state index contributed by atoms with van der Waals surface area (Å²) in [4.78, 5) is 11.7. The van der Waals surface area contributed by atoms with Crippen LogP contribution < -0.4 is 0 Å². The quantitative estimate of drug-likeness (QED) is 0.621. The molecule has 0 saturated heterocycles. The Labute approximate surface area is 79.3 Å². The summed E-state index contributed by atoms with van der Waals surface area (Å²) in [5, 5.41) is 9.93. The number of carbonyl (C=O) groups excluding carboxylic acids is 1. The summed E-state index contributed by atoms with van der Waals surface area (Å²) in [6, 6.07) is 0. The molecule has 2 rings (SSSR count). The minimum atomic E-state index is -0.240. The van der Waals surface area contributed by atoms with Gasteiger partial charge in [0.15, 0.2) is 0 Å². The Morgan fingerprint density at radius 3 is 2.85 bits per heavy atom. The van der Waals surface area contributed by atoms with Crippen molar-refractivity contribution in [2.75, 3.05) is 0 Å². The molecule has 3 atom stereocenters. The van der Waals surface area contributed by atoms with E-state index < -0.39 is 0 Å². The number of aliphatic hydroxyl groups is 1. The van der Waals surface area contributed by atoms with Crippen molar-refractivity contribution in [1.29, 1.82) is 0 Å². The van der Waals surface area contributed by atoms with Crippen molar-refractivity contribution < 1.29 is 9.90 Å². The van der Waals surface area contributed by atoms with Crippen molar-refractivity contribution in [2.45, 2.75) is 51.6 Å². The van der Waals surface area contributed by atoms with E-state index in [0.29, 0.717) is 5.78 Å². The van der Waals surface area contributed by atoms with Gasteiger partial charge >= 0.3 is 0 Å². The fourth-order valence-electron chi connectivity index (χ4n) is 3.09. The average Bonchev–Trinajstić information content (AvgIpc) is 2.08. The SMILES string of the molecule is C[C@@]12CCCC(=O)[C@H]1CCC[C@@H]2O. The molecule has 2 saturated carbocycles. The van der Waals surface area contributed by atoms with E-state index in [4.69, 9.17) is 0 Å². The van der Waals surface area contributed by atoms with Crippen molar-refractivity contribution in [3.05, 3.63) is 0 Å². The van der Waals surface area contributed by atoms with E-state index in [0.717, 1.165) is 38.5 Å². The van der Waals surface area contributed by atoms with Gasteiger partial charge in [0.2, 0.25) is 0 Å². The zero-order valence-electron chi connectivity index (χ0n) is 8.25. The summed E-state index contributed by atoms with van der Waals surface area (Å²) < 4.78 is 0. The van der Waals surface area contributed by atoms with Crippen LogP contribution in [0.3, 0.4) is 0 Å². The molecule has 0 aromatic heterocycles. The number of fused-ring (bicyclic) bond motifs is 1. The van der Waals surface area contributed by atoms with E-state index in [9.17, 15) is 9.90 Å². The number of hydrogen-bond donors (Lipinski definition) is 1. The lowest BCUT2D eigenvalue weighted by atomic mass is 9.59. The summed E-state index contributed by atoms with van der Waals surface area (Å²) >= 11 is 0. The van der Waals surface area contributed by atoms with Crippen LogP contribution in [0.1, 0.15) is 45.4 Å². The third kappa shape index (κ3) is 1.32. The summed E-state index contributed by atoms with van der Waals surface area (Å²) in [5.74, 6) is 0.553. The summed E-state index contributed by atoms with van der Waals surface area (Å²) in [6.45, 7) is 2.10. The van der Waals surface area contributed by atoms with E-state index in [1.165, 1.54) is 0 Å². The predicted octanol–water partition coefficient (Wildman–Crippen LogP) is 1.91. The molecule has 2 nitrogen and oxygen atoms in total. The molecule has 0 unspecified atom stereocenters. The summed E-state index contributed by atoms with van der Waals surface area (Å²) in [7, 11) is 0. The first kappa shape index (κ1) is 9.20. The molecule has 0 aromatic rings. The molecule has 13 heavy (non-hydrogen) atoms. The van der Waals surface area contributed by atoms with Gasteiger partial charge in [0.25, 0.3) is 0 Å². The summed E-state index contributed by atoms with van der Waals surface area (Å²) in [6.07, 6.45) is 5.43. The van der Waals surface area contributed by atoms with E-state index >= 15 is 0 Å². The minimum Gasteiger partial charge on any atom is -0.393 e. The highest BCUT2D eigenvalue weighted by Crippen LogP contribution is 2.48. The molecule has 2 aliphatic carbocycles. The van der Waals surface area contributed by atoms with E-state index in [2.05, 4.69) is 6.92 Å². The van der Waals surface area contributed by atoms with Gasteiger partial charge in [0.1, 0.15) is 5.78 Å². The van der Waals surface area contributed by atoms with Gasteiger partial charge in [0, 0.05) is 17.8 Å². The normalized spacial score (nSPS) is 45.8. The highest BCUT2D eigenvalue weighted by molar-refractivity contribution is 5.82. The molecule has 2 heteroatoms. The van der Waals surface area contributed by atoms with Crippen molar-refractivity contribution >= 4 is 5.78 Å². The molecule has 0 amide bonds. The molecule has 0 aliphatic heterocycles. The first-order valence-corrected chi connectivity index (χ1v) is 5.35. The fourth-order valence-corrected chi connectivity index (χ4v) is 3.09. The van der Waals surface area contributed by atoms with Gasteiger partial charge in [-0.05, 0) is 25.7 Å². The molecule has 0 bridgehead atoms. The number of Topliss-reactive ketones (excluding diaryl/α,β-unsaturated/α-hetero) is 1. The van der Waals surface area contributed by atoms with Crippen LogP contribution >= 0.6 is 0 Å². The molecule has 2 aliphatic rings. The highest BCUT2D eigenvalue weighted by atomic mass is 16.3. The van der Waals surface area contributed by atoms with Crippen LogP contribution in [0.2, 0.25) is 0 Å². The van der Waals surface area contributed by atoms with E-state index in [1.807, 2.05) is 0 Å². The smallest absolute Gasteiger partial charge is 0.136 e. The molecular formula is C11H18O2. The Morgan fingerprint density at radius 1 is 1.38 bits per heavy atom. The molecule has 0 heterocycles. The number of hydrogen-bond acceptors (Lipinski definition) is 2. The molecular weight excluding hydrogens is 164 g/mol. The Bertz CT molecular complexity index is 224. The second-order valence-electron chi connectivity index (χ2n) is 4.82. The van der Waals surface area contributed by atoms with Gasteiger partial charge in [-0.1, -0.05) is 13.3 Å².